The van der Waals surface area contributed by atoms with E-state index in [1.165, 1.54) is 6.07 Å². The van der Waals surface area contributed by atoms with Crippen LogP contribution in [0, 0.1) is 0 Å². The second-order valence-electron chi connectivity index (χ2n) is 4.27. The molecule has 0 aliphatic carbocycles. The van der Waals surface area contributed by atoms with E-state index in [4.69, 9.17) is 0 Å². The predicted molar refractivity (Wildman–Crippen MR) is 69.1 cm³/mol. The molecule has 1 aromatic heterocycles. The molecule has 0 saturated carbocycles. The highest BCUT2D eigenvalue weighted by atomic mass is 19.3. The summed E-state index contributed by atoms with van der Waals surface area (Å²) in [5.74, 6) is 0.183. The number of halogens is 2. The molecule has 2 aromatic rings. The fourth-order valence-corrected chi connectivity index (χ4v) is 1.82. The van der Waals surface area contributed by atoms with Crippen molar-refractivity contribution in [2.24, 2.45) is 0 Å². The van der Waals surface area contributed by atoms with Crippen molar-refractivity contribution >= 4 is 0 Å². The lowest BCUT2D eigenvalue weighted by molar-refractivity contribution is -0.0499. The average Bonchev–Trinajstić information content (AvgIpc) is 2.88. The molecule has 1 heterocycles. The van der Waals surface area contributed by atoms with Gasteiger partial charge in [-0.05, 0) is 36.2 Å². The maximum absolute atomic E-state index is 12.1. The molecule has 2 N–H and O–H groups in total. The minimum atomic E-state index is -2.79. The molecule has 0 aliphatic heterocycles. The summed E-state index contributed by atoms with van der Waals surface area (Å²) in [5.41, 5.74) is 2.06. The minimum absolute atomic E-state index is 0.0520. The average molecular weight is 266 g/mol. The molecule has 102 valence electrons. The standard InChI is InChI=1S/C14H16F2N2O/c1-10(18-9-11-5-6-17-8-11)12-3-2-4-13(7-12)19-14(15)16/h2-8,10,14,17-18H,9H2,1H3. The molecule has 3 nitrogen and oxygen atoms in total. The van der Waals surface area contributed by atoms with Gasteiger partial charge in [0.2, 0.25) is 0 Å². The van der Waals surface area contributed by atoms with Crippen molar-refractivity contribution in [2.45, 2.75) is 26.1 Å². The molecule has 0 saturated heterocycles. The van der Waals surface area contributed by atoms with Gasteiger partial charge in [-0.25, -0.2) is 0 Å². The van der Waals surface area contributed by atoms with E-state index in [1.54, 1.807) is 12.1 Å². The molecule has 19 heavy (non-hydrogen) atoms. The number of aromatic nitrogens is 1. The normalized spacial score (nSPS) is 12.6. The summed E-state index contributed by atoms with van der Waals surface area (Å²) in [5, 5.41) is 3.32. The number of alkyl halides is 2. The maximum atomic E-state index is 12.1. The molecule has 0 fully saturated rings. The quantitative estimate of drug-likeness (QED) is 0.840. The molecule has 0 radical (unpaired) electrons. The number of rotatable bonds is 6. The van der Waals surface area contributed by atoms with Crippen molar-refractivity contribution in [3.8, 4) is 5.75 Å². The molecule has 1 aromatic carbocycles. The summed E-state index contributed by atoms with van der Waals surface area (Å²) in [6.45, 7) is -0.1000. The number of ether oxygens (including phenoxy) is 1. The van der Waals surface area contributed by atoms with Crippen molar-refractivity contribution in [2.75, 3.05) is 0 Å². The Morgan fingerprint density at radius 2 is 2.16 bits per heavy atom. The number of nitrogens with one attached hydrogen (secondary N) is 2. The first-order chi connectivity index (χ1) is 9.15. The first kappa shape index (κ1) is 13.5. The van der Waals surface area contributed by atoms with Crippen LogP contribution >= 0.6 is 0 Å². The Morgan fingerprint density at radius 3 is 2.84 bits per heavy atom. The lowest BCUT2D eigenvalue weighted by Crippen LogP contribution is -2.17. The fraction of sp³-hybridized carbons (Fsp3) is 0.286. The highest BCUT2D eigenvalue weighted by Crippen LogP contribution is 2.20. The number of benzene rings is 1. The summed E-state index contributed by atoms with van der Waals surface area (Å²) < 4.78 is 28.7. The molecule has 2 rings (SSSR count). The van der Waals surface area contributed by atoms with Gasteiger partial charge in [0, 0.05) is 25.0 Å². The van der Waals surface area contributed by atoms with Crippen molar-refractivity contribution in [1.82, 2.24) is 10.3 Å². The van der Waals surface area contributed by atoms with Crippen molar-refractivity contribution in [3.63, 3.8) is 0 Å². The van der Waals surface area contributed by atoms with Crippen LogP contribution in [0.5, 0.6) is 5.75 Å². The van der Waals surface area contributed by atoms with E-state index in [2.05, 4.69) is 15.0 Å². The van der Waals surface area contributed by atoms with E-state index in [0.29, 0.717) is 6.54 Å². The van der Waals surface area contributed by atoms with E-state index < -0.39 is 6.61 Å². The van der Waals surface area contributed by atoms with Gasteiger partial charge in [-0.2, -0.15) is 8.78 Å². The van der Waals surface area contributed by atoms with Crippen LogP contribution in [0.3, 0.4) is 0 Å². The number of aromatic amines is 1. The zero-order valence-electron chi connectivity index (χ0n) is 10.6. The maximum Gasteiger partial charge on any atom is 0.387 e. The first-order valence-electron chi connectivity index (χ1n) is 6.05. The van der Waals surface area contributed by atoms with Crippen molar-refractivity contribution in [3.05, 3.63) is 53.9 Å². The SMILES string of the molecule is CC(NCc1cc[nH]c1)c1cccc(OC(F)F)c1. The molecule has 0 bridgehead atoms. The number of hydrogen-bond acceptors (Lipinski definition) is 2. The van der Waals surface area contributed by atoms with Gasteiger partial charge in [-0.1, -0.05) is 12.1 Å². The van der Waals surface area contributed by atoms with Gasteiger partial charge in [-0.15, -0.1) is 0 Å². The smallest absolute Gasteiger partial charge is 0.387 e. The van der Waals surface area contributed by atoms with Gasteiger partial charge in [-0.3, -0.25) is 0 Å². The monoisotopic (exact) mass is 266 g/mol. The Balaban J connectivity index is 1.96. The van der Waals surface area contributed by atoms with E-state index >= 15 is 0 Å². The third-order valence-corrected chi connectivity index (χ3v) is 2.86. The summed E-state index contributed by atoms with van der Waals surface area (Å²) in [6.07, 6.45) is 3.77. The van der Waals surface area contributed by atoms with Gasteiger partial charge in [0.15, 0.2) is 0 Å². The van der Waals surface area contributed by atoms with Crippen LogP contribution < -0.4 is 10.1 Å². The molecule has 0 amide bonds. The van der Waals surface area contributed by atoms with E-state index in [1.807, 2.05) is 31.5 Å². The molecule has 0 spiro atoms. The van der Waals surface area contributed by atoms with Gasteiger partial charge in [0.25, 0.3) is 0 Å². The third-order valence-electron chi connectivity index (χ3n) is 2.86. The van der Waals surface area contributed by atoms with Gasteiger partial charge < -0.3 is 15.0 Å². The Hall–Kier alpha value is -1.88. The van der Waals surface area contributed by atoms with Gasteiger partial charge in [0.1, 0.15) is 5.75 Å². The van der Waals surface area contributed by atoms with Crippen LogP contribution in [-0.4, -0.2) is 11.6 Å². The molecule has 5 heteroatoms. The van der Waals surface area contributed by atoms with Crippen LogP contribution in [0.25, 0.3) is 0 Å². The Bertz CT molecular complexity index is 500. The second-order valence-corrected chi connectivity index (χ2v) is 4.27. The van der Waals surface area contributed by atoms with Crippen LogP contribution in [0.4, 0.5) is 8.78 Å². The zero-order chi connectivity index (χ0) is 13.7. The van der Waals surface area contributed by atoms with Gasteiger partial charge in [0.05, 0.1) is 0 Å². The van der Waals surface area contributed by atoms with Crippen LogP contribution in [0.1, 0.15) is 24.1 Å². The third kappa shape index (κ3) is 4.06. The molecule has 0 aliphatic rings. The lowest BCUT2D eigenvalue weighted by Gasteiger charge is -2.15. The first-order valence-corrected chi connectivity index (χ1v) is 6.05. The van der Waals surface area contributed by atoms with Crippen LogP contribution in [0.15, 0.2) is 42.7 Å². The van der Waals surface area contributed by atoms with Crippen molar-refractivity contribution in [1.29, 1.82) is 0 Å². The molecule has 1 unspecified atom stereocenters. The molecule has 1 atom stereocenters. The summed E-state index contributed by atoms with van der Waals surface area (Å²) in [4.78, 5) is 2.98. The van der Waals surface area contributed by atoms with Gasteiger partial charge >= 0.3 is 6.61 Å². The highest BCUT2D eigenvalue weighted by molar-refractivity contribution is 5.30. The topological polar surface area (TPSA) is 37.0 Å². The Morgan fingerprint density at radius 1 is 1.32 bits per heavy atom. The Kier molecular flexibility index (Phi) is 4.52. The van der Waals surface area contributed by atoms with E-state index in [-0.39, 0.29) is 11.8 Å². The van der Waals surface area contributed by atoms with E-state index in [9.17, 15) is 8.78 Å². The summed E-state index contributed by atoms with van der Waals surface area (Å²) >= 11 is 0. The van der Waals surface area contributed by atoms with Crippen LogP contribution in [0.2, 0.25) is 0 Å². The minimum Gasteiger partial charge on any atom is -0.435 e. The number of H-pyrrole nitrogens is 1. The summed E-state index contributed by atoms with van der Waals surface area (Å²) in [7, 11) is 0. The summed E-state index contributed by atoms with van der Waals surface area (Å²) in [6, 6.07) is 8.77. The number of hydrogen-bond donors (Lipinski definition) is 2. The molecular formula is C14H16F2N2O. The molecular weight excluding hydrogens is 250 g/mol. The predicted octanol–water partition coefficient (Wildman–Crippen LogP) is 3.47. The van der Waals surface area contributed by atoms with Crippen molar-refractivity contribution < 1.29 is 13.5 Å². The second kappa shape index (κ2) is 6.33. The largest absolute Gasteiger partial charge is 0.435 e. The Labute approximate surface area is 110 Å². The van der Waals surface area contributed by atoms with Crippen LogP contribution in [-0.2, 0) is 6.54 Å². The van der Waals surface area contributed by atoms with E-state index in [0.717, 1.165) is 11.1 Å². The fourth-order valence-electron chi connectivity index (χ4n) is 1.82. The highest BCUT2D eigenvalue weighted by Gasteiger charge is 2.08. The lowest BCUT2D eigenvalue weighted by atomic mass is 10.1. The zero-order valence-corrected chi connectivity index (χ0v) is 10.6.